The van der Waals surface area contributed by atoms with Crippen molar-refractivity contribution in [3.05, 3.63) is 88.5 Å². The second-order valence-electron chi connectivity index (χ2n) is 6.59. The quantitative estimate of drug-likeness (QED) is 0.341. The van der Waals surface area contributed by atoms with E-state index >= 15 is 0 Å². The fourth-order valence-electron chi connectivity index (χ4n) is 2.96. The van der Waals surface area contributed by atoms with Crippen LogP contribution < -0.4 is 15.4 Å². The topological polar surface area (TPSA) is 93.7 Å². The Morgan fingerprint density at radius 2 is 1.72 bits per heavy atom. The molecule has 0 spiro atoms. The average molecular weight is 471 g/mol. The smallest absolute Gasteiger partial charge is 0.291 e. The molecule has 4 rings (SSSR count). The Kier molecular flexibility index (Phi) is 6.20. The van der Waals surface area contributed by atoms with Crippen LogP contribution in [-0.4, -0.2) is 18.9 Å². The maximum Gasteiger partial charge on any atom is 0.291 e. The molecule has 0 bridgehead atoms. The number of anilines is 2. The minimum absolute atomic E-state index is 0.0677. The lowest BCUT2D eigenvalue weighted by Gasteiger charge is -2.12. The van der Waals surface area contributed by atoms with Crippen LogP contribution in [0.15, 0.2) is 75.8 Å². The number of nitrogens with one attached hydrogen (secondary N) is 2. The number of hydrogen-bond donors (Lipinski definition) is 2. The summed E-state index contributed by atoms with van der Waals surface area (Å²) in [5, 5.41) is 6.32. The van der Waals surface area contributed by atoms with E-state index in [0.29, 0.717) is 38.5 Å². The summed E-state index contributed by atoms with van der Waals surface area (Å²) in [6.45, 7) is 0. The highest BCUT2D eigenvalue weighted by Crippen LogP contribution is 2.33. The zero-order valence-electron chi connectivity index (χ0n) is 16.6. The van der Waals surface area contributed by atoms with E-state index in [4.69, 9.17) is 36.8 Å². The highest BCUT2D eigenvalue weighted by atomic mass is 35.5. The van der Waals surface area contributed by atoms with E-state index in [-0.39, 0.29) is 11.5 Å². The number of amides is 2. The van der Waals surface area contributed by atoms with E-state index in [9.17, 15) is 9.59 Å². The number of benzene rings is 2. The third-order valence-electron chi connectivity index (χ3n) is 4.48. The molecule has 2 aromatic carbocycles. The summed E-state index contributed by atoms with van der Waals surface area (Å²) < 4.78 is 16.1. The first-order valence-corrected chi connectivity index (χ1v) is 10.1. The summed E-state index contributed by atoms with van der Waals surface area (Å²) in [7, 11) is 1.47. The molecular formula is C23H16Cl2N2O5. The Balaban J connectivity index is 1.53. The predicted molar refractivity (Wildman–Crippen MR) is 122 cm³/mol. The van der Waals surface area contributed by atoms with Crippen LogP contribution in [0, 0.1) is 0 Å². The second-order valence-corrected chi connectivity index (χ2v) is 7.43. The molecule has 4 aromatic rings. The Morgan fingerprint density at radius 1 is 0.906 bits per heavy atom. The van der Waals surface area contributed by atoms with Crippen LogP contribution in [0.2, 0.25) is 10.0 Å². The highest BCUT2D eigenvalue weighted by molar-refractivity contribution is 6.36. The van der Waals surface area contributed by atoms with Crippen LogP contribution in [0.3, 0.4) is 0 Å². The van der Waals surface area contributed by atoms with Gasteiger partial charge in [0.05, 0.1) is 24.1 Å². The van der Waals surface area contributed by atoms with E-state index < -0.39 is 11.8 Å². The number of furan rings is 2. The molecule has 2 heterocycles. The van der Waals surface area contributed by atoms with Crippen LogP contribution >= 0.6 is 23.2 Å². The van der Waals surface area contributed by atoms with Gasteiger partial charge < -0.3 is 24.2 Å². The molecule has 0 radical (unpaired) electrons. The van der Waals surface area contributed by atoms with Crippen molar-refractivity contribution in [3.8, 4) is 17.1 Å². The summed E-state index contributed by atoms with van der Waals surface area (Å²) in [4.78, 5) is 25.0. The van der Waals surface area contributed by atoms with Crippen molar-refractivity contribution in [1.29, 1.82) is 0 Å². The number of hydrogen-bond acceptors (Lipinski definition) is 5. The molecule has 2 aromatic heterocycles. The number of carbonyl (C=O) groups excluding carboxylic acids is 2. The van der Waals surface area contributed by atoms with Crippen molar-refractivity contribution in [2.75, 3.05) is 17.7 Å². The molecular weight excluding hydrogens is 455 g/mol. The van der Waals surface area contributed by atoms with Gasteiger partial charge in [0, 0.05) is 16.3 Å². The van der Waals surface area contributed by atoms with Gasteiger partial charge in [-0.3, -0.25) is 9.59 Å². The standard InChI is InChI=1S/C23H16Cl2N2O5/c1-30-19-7-5-14(26-22(28)20-3-2-10-31-20)12-17(19)27-23(29)21-9-8-18(32-21)15-6-4-13(24)11-16(15)25/h2-12H,1H3,(H,26,28)(H,27,29). The molecule has 2 amide bonds. The summed E-state index contributed by atoms with van der Waals surface area (Å²) in [5.74, 6) is 0.126. The molecule has 9 heteroatoms. The molecule has 2 N–H and O–H groups in total. The van der Waals surface area contributed by atoms with Crippen molar-refractivity contribution in [1.82, 2.24) is 0 Å². The number of methoxy groups -OCH3 is 1. The zero-order valence-corrected chi connectivity index (χ0v) is 18.2. The first-order chi connectivity index (χ1) is 15.4. The van der Waals surface area contributed by atoms with Gasteiger partial charge in [0.2, 0.25) is 0 Å². The molecule has 0 aliphatic carbocycles. The van der Waals surface area contributed by atoms with Crippen molar-refractivity contribution >= 4 is 46.4 Å². The van der Waals surface area contributed by atoms with Crippen LogP contribution in [0.4, 0.5) is 11.4 Å². The molecule has 0 aliphatic heterocycles. The molecule has 162 valence electrons. The SMILES string of the molecule is COc1ccc(NC(=O)c2ccco2)cc1NC(=O)c1ccc(-c2ccc(Cl)cc2Cl)o1. The van der Waals surface area contributed by atoms with Gasteiger partial charge in [-0.25, -0.2) is 0 Å². The minimum atomic E-state index is -0.505. The summed E-state index contributed by atoms with van der Waals surface area (Å²) >= 11 is 12.1. The Labute approximate surface area is 192 Å². The largest absolute Gasteiger partial charge is 0.495 e. The molecule has 0 atom stereocenters. The number of halogens is 2. The van der Waals surface area contributed by atoms with E-state index in [2.05, 4.69) is 10.6 Å². The molecule has 0 saturated heterocycles. The van der Waals surface area contributed by atoms with Crippen molar-refractivity contribution in [2.45, 2.75) is 0 Å². The maximum atomic E-state index is 12.8. The minimum Gasteiger partial charge on any atom is -0.495 e. The number of carbonyl (C=O) groups is 2. The monoisotopic (exact) mass is 470 g/mol. The van der Waals surface area contributed by atoms with Gasteiger partial charge in [-0.05, 0) is 60.7 Å². The van der Waals surface area contributed by atoms with Gasteiger partial charge in [-0.15, -0.1) is 0 Å². The van der Waals surface area contributed by atoms with E-state index in [1.54, 1.807) is 54.6 Å². The Hall–Kier alpha value is -3.68. The van der Waals surface area contributed by atoms with Gasteiger partial charge in [0.25, 0.3) is 11.8 Å². The third-order valence-corrected chi connectivity index (χ3v) is 5.02. The number of ether oxygens (including phenoxy) is 1. The zero-order chi connectivity index (χ0) is 22.7. The Bertz CT molecular complexity index is 1280. The summed E-state index contributed by atoms with van der Waals surface area (Å²) in [6, 6.07) is 16.1. The molecule has 7 nitrogen and oxygen atoms in total. The maximum absolute atomic E-state index is 12.8. The van der Waals surface area contributed by atoms with Gasteiger partial charge in [-0.2, -0.15) is 0 Å². The van der Waals surface area contributed by atoms with E-state index in [0.717, 1.165) is 0 Å². The molecule has 0 fully saturated rings. The third kappa shape index (κ3) is 4.64. The fourth-order valence-corrected chi connectivity index (χ4v) is 3.46. The number of rotatable bonds is 6. The van der Waals surface area contributed by atoms with Crippen LogP contribution in [0.25, 0.3) is 11.3 Å². The molecule has 32 heavy (non-hydrogen) atoms. The summed E-state index contributed by atoms with van der Waals surface area (Å²) in [5.41, 5.74) is 1.39. The second kappa shape index (κ2) is 9.21. The lowest BCUT2D eigenvalue weighted by Crippen LogP contribution is -2.14. The molecule has 0 aliphatic rings. The van der Waals surface area contributed by atoms with E-state index in [1.807, 2.05) is 0 Å². The lowest BCUT2D eigenvalue weighted by molar-refractivity contribution is 0.0990. The first kappa shape index (κ1) is 21.5. The van der Waals surface area contributed by atoms with Crippen molar-refractivity contribution < 1.29 is 23.2 Å². The molecule has 0 unspecified atom stereocenters. The lowest BCUT2D eigenvalue weighted by atomic mass is 10.2. The first-order valence-electron chi connectivity index (χ1n) is 9.34. The van der Waals surface area contributed by atoms with Gasteiger partial charge in [-0.1, -0.05) is 23.2 Å². The van der Waals surface area contributed by atoms with Gasteiger partial charge in [0.1, 0.15) is 11.5 Å². The van der Waals surface area contributed by atoms with Crippen LogP contribution in [0.1, 0.15) is 21.1 Å². The molecule has 0 saturated carbocycles. The Morgan fingerprint density at radius 3 is 2.44 bits per heavy atom. The van der Waals surface area contributed by atoms with Crippen molar-refractivity contribution in [2.24, 2.45) is 0 Å². The van der Waals surface area contributed by atoms with Crippen LogP contribution in [0.5, 0.6) is 5.75 Å². The average Bonchev–Trinajstić information content (AvgIpc) is 3.47. The predicted octanol–water partition coefficient (Wildman–Crippen LogP) is 6.36. The normalized spacial score (nSPS) is 10.6. The summed E-state index contributed by atoms with van der Waals surface area (Å²) in [6.07, 6.45) is 1.41. The fraction of sp³-hybridized carbons (Fsp3) is 0.0435. The van der Waals surface area contributed by atoms with E-state index in [1.165, 1.54) is 19.4 Å². The van der Waals surface area contributed by atoms with Crippen molar-refractivity contribution in [3.63, 3.8) is 0 Å². The van der Waals surface area contributed by atoms with Gasteiger partial charge in [0.15, 0.2) is 11.5 Å². The van der Waals surface area contributed by atoms with Gasteiger partial charge >= 0.3 is 0 Å². The highest BCUT2D eigenvalue weighted by Gasteiger charge is 2.17. The van der Waals surface area contributed by atoms with Crippen LogP contribution in [-0.2, 0) is 0 Å².